The van der Waals surface area contributed by atoms with Crippen LogP contribution in [0.15, 0.2) is 53.3 Å². The average molecular weight is 274 g/mol. The molecule has 0 radical (unpaired) electrons. The zero-order valence-corrected chi connectivity index (χ0v) is 10.5. The summed E-state index contributed by atoms with van der Waals surface area (Å²) in [6, 6.07) is 12.9. The second-order valence-corrected chi connectivity index (χ2v) is 4.66. The van der Waals surface area contributed by atoms with Crippen molar-refractivity contribution in [1.29, 1.82) is 0 Å². The Morgan fingerprint density at radius 1 is 1.00 bits per heavy atom. The summed E-state index contributed by atoms with van der Waals surface area (Å²) in [6.45, 7) is 0. The van der Waals surface area contributed by atoms with Crippen molar-refractivity contribution in [2.24, 2.45) is 0 Å². The molecule has 2 nitrogen and oxygen atoms in total. The molecular formula is C15H9ClFNO. The third-order valence-corrected chi connectivity index (χ3v) is 3.28. The molecule has 1 heterocycles. The Labute approximate surface area is 113 Å². The Morgan fingerprint density at radius 2 is 1.74 bits per heavy atom. The molecule has 19 heavy (non-hydrogen) atoms. The summed E-state index contributed by atoms with van der Waals surface area (Å²) in [6.07, 6.45) is 0. The van der Waals surface area contributed by atoms with E-state index < -0.39 is 0 Å². The van der Waals surface area contributed by atoms with Gasteiger partial charge in [-0.05, 0) is 41.3 Å². The summed E-state index contributed by atoms with van der Waals surface area (Å²) in [5, 5.41) is 1.39. The molecule has 0 aliphatic heterocycles. The lowest BCUT2D eigenvalue weighted by Crippen LogP contribution is -2.02. The highest BCUT2D eigenvalue weighted by molar-refractivity contribution is 6.34. The van der Waals surface area contributed by atoms with E-state index in [2.05, 4.69) is 4.98 Å². The minimum Gasteiger partial charge on any atom is -0.322 e. The lowest BCUT2D eigenvalue weighted by molar-refractivity contribution is 0.628. The third-order valence-electron chi connectivity index (χ3n) is 2.97. The van der Waals surface area contributed by atoms with Crippen molar-refractivity contribution >= 4 is 22.5 Å². The zero-order chi connectivity index (χ0) is 13.4. The van der Waals surface area contributed by atoms with Crippen LogP contribution in [0.2, 0.25) is 5.02 Å². The Hall–Kier alpha value is -2.13. The smallest absolute Gasteiger partial charge is 0.248 e. The van der Waals surface area contributed by atoms with Gasteiger partial charge in [0.25, 0.3) is 0 Å². The molecule has 0 unspecified atom stereocenters. The number of pyridine rings is 1. The zero-order valence-electron chi connectivity index (χ0n) is 9.78. The molecule has 0 aliphatic rings. The molecule has 0 amide bonds. The first-order chi connectivity index (χ1) is 9.13. The van der Waals surface area contributed by atoms with Crippen molar-refractivity contribution in [2.75, 3.05) is 0 Å². The molecule has 0 saturated carbocycles. The summed E-state index contributed by atoms with van der Waals surface area (Å²) in [5.74, 6) is -0.287. The number of hydrogen-bond acceptors (Lipinski definition) is 1. The molecule has 0 bridgehead atoms. The van der Waals surface area contributed by atoms with Crippen LogP contribution in [0.5, 0.6) is 0 Å². The number of H-pyrrole nitrogens is 1. The van der Waals surface area contributed by atoms with E-state index in [1.807, 2.05) is 6.07 Å². The molecule has 0 fully saturated rings. The van der Waals surface area contributed by atoms with E-state index in [0.717, 1.165) is 16.5 Å². The molecule has 3 rings (SSSR count). The number of hydrogen-bond donors (Lipinski definition) is 1. The van der Waals surface area contributed by atoms with Crippen molar-refractivity contribution < 1.29 is 4.39 Å². The quantitative estimate of drug-likeness (QED) is 0.714. The Balaban J connectivity index is 2.24. The van der Waals surface area contributed by atoms with E-state index >= 15 is 0 Å². The lowest BCUT2D eigenvalue weighted by atomic mass is 10.0. The average Bonchev–Trinajstić information content (AvgIpc) is 2.39. The van der Waals surface area contributed by atoms with Crippen LogP contribution in [-0.2, 0) is 0 Å². The van der Waals surface area contributed by atoms with Crippen molar-refractivity contribution in [3.8, 4) is 11.1 Å². The molecule has 0 saturated heterocycles. The van der Waals surface area contributed by atoms with Gasteiger partial charge >= 0.3 is 0 Å². The van der Waals surface area contributed by atoms with Crippen LogP contribution < -0.4 is 5.56 Å². The molecule has 3 aromatic rings. The van der Waals surface area contributed by atoms with E-state index in [4.69, 9.17) is 11.6 Å². The fourth-order valence-electron chi connectivity index (χ4n) is 2.03. The maximum Gasteiger partial charge on any atom is 0.248 e. The van der Waals surface area contributed by atoms with Gasteiger partial charge in [-0.15, -0.1) is 0 Å². The Kier molecular flexibility index (Phi) is 2.84. The van der Waals surface area contributed by atoms with E-state index in [9.17, 15) is 9.18 Å². The second-order valence-electron chi connectivity index (χ2n) is 4.25. The molecule has 4 heteroatoms. The van der Waals surface area contributed by atoms with Gasteiger partial charge in [0, 0.05) is 17.1 Å². The molecule has 94 valence electrons. The number of nitrogens with one attached hydrogen (secondary N) is 1. The fourth-order valence-corrected chi connectivity index (χ4v) is 2.30. The van der Waals surface area contributed by atoms with Crippen LogP contribution in [0, 0.1) is 5.82 Å². The van der Waals surface area contributed by atoms with Crippen LogP contribution in [0.4, 0.5) is 4.39 Å². The van der Waals surface area contributed by atoms with Crippen molar-refractivity contribution in [1.82, 2.24) is 4.98 Å². The van der Waals surface area contributed by atoms with Crippen molar-refractivity contribution in [3.05, 3.63) is 69.7 Å². The maximum atomic E-state index is 12.9. The molecule has 0 aliphatic carbocycles. The Bertz CT molecular complexity index is 808. The van der Waals surface area contributed by atoms with Crippen LogP contribution in [0.3, 0.4) is 0 Å². The highest BCUT2D eigenvalue weighted by atomic mass is 35.5. The third kappa shape index (κ3) is 2.25. The maximum absolute atomic E-state index is 12.9. The first kappa shape index (κ1) is 11.9. The normalized spacial score (nSPS) is 10.8. The first-order valence-electron chi connectivity index (χ1n) is 5.72. The van der Waals surface area contributed by atoms with Gasteiger partial charge in [0.05, 0.1) is 5.02 Å². The Morgan fingerprint density at radius 3 is 2.47 bits per heavy atom. The molecule has 1 aromatic heterocycles. The van der Waals surface area contributed by atoms with Gasteiger partial charge in [-0.2, -0.15) is 0 Å². The molecular weight excluding hydrogens is 265 g/mol. The van der Waals surface area contributed by atoms with Crippen molar-refractivity contribution in [2.45, 2.75) is 0 Å². The van der Waals surface area contributed by atoms with E-state index in [1.165, 1.54) is 18.2 Å². The molecule has 0 atom stereocenters. The summed E-state index contributed by atoms with van der Waals surface area (Å²) in [4.78, 5) is 14.0. The standard InChI is InChI=1S/C15H9ClFNO/c16-13-8-14-10(3-6-15(19)18-14)7-12(13)9-1-4-11(17)5-2-9/h1-8H,(H,18,19). The van der Waals surface area contributed by atoms with Gasteiger partial charge in [0.15, 0.2) is 0 Å². The topological polar surface area (TPSA) is 32.9 Å². The van der Waals surface area contributed by atoms with Gasteiger partial charge < -0.3 is 4.98 Å². The summed E-state index contributed by atoms with van der Waals surface area (Å²) >= 11 is 6.21. The predicted molar refractivity (Wildman–Crippen MR) is 75.0 cm³/mol. The predicted octanol–water partition coefficient (Wildman–Crippen LogP) is 3.99. The van der Waals surface area contributed by atoms with Crippen LogP contribution >= 0.6 is 11.6 Å². The monoisotopic (exact) mass is 273 g/mol. The number of fused-ring (bicyclic) bond motifs is 1. The van der Waals surface area contributed by atoms with Crippen LogP contribution in [0.1, 0.15) is 0 Å². The van der Waals surface area contributed by atoms with Gasteiger partial charge in [0.1, 0.15) is 5.82 Å². The molecule has 2 aromatic carbocycles. The van der Waals surface area contributed by atoms with E-state index in [1.54, 1.807) is 24.3 Å². The number of aromatic amines is 1. The highest BCUT2D eigenvalue weighted by Crippen LogP contribution is 2.31. The van der Waals surface area contributed by atoms with Crippen molar-refractivity contribution in [3.63, 3.8) is 0 Å². The van der Waals surface area contributed by atoms with Gasteiger partial charge in [0.2, 0.25) is 5.56 Å². The SMILES string of the molecule is O=c1ccc2cc(-c3ccc(F)cc3)c(Cl)cc2[nH]1. The summed E-state index contributed by atoms with van der Waals surface area (Å²) in [7, 11) is 0. The van der Waals surface area contributed by atoms with E-state index in [-0.39, 0.29) is 11.4 Å². The van der Waals surface area contributed by atoms with Crippen LogP contribution in [-0.4, -0.2) is 4.98 Å². The largest absolute Gasteiger partial charge is 0.322 e. The number of aromatic nitrogens is 1. The highest BCUT2D eigenvalue weighted by Gasteiger charge is 2.06. The minimum atomic E-state index is -0.287. The summed E-state index contributed by atoms with van der Waals surface area (Å²) < 4.78 is 12.9. The second kappa shape index (κ2) is 4.52. The van der Waals surface area contributed by atoms with Crippen LogP contribution in [0.25, 0.3) is 22.0 Å². The lowest BCUT2D eigenvalue weighted by Gasteiger charge is -2.07. The summed E-state index contributed by atoms with van der Waals surface area (Å²) in [5.41, 5.74) is 2.15. The van der Waals surface area contributed by atoms with Gasteiger partial charge in [-0.1, -0.05) is 23.7 Å². The fraction of sp³-hybridized carbons (Fsp3) is 0. The minimum absolute atomic E-state index is 0.168. The van der Waals surface area contributed by atoms with E-state index in [0.29, 0.717) is 10.5 Å². The number of rotatable bonds is 1. The first-order valence-corrected chi connectivity index (χ1v) is 6.10. The van der Waals surface area contributed by atoms with Gasteiger partial charge in [-0.3, -0.25) is 4.79 Å². The molecule has 1 N–H and O–H groups in total. The van der Waals surface area contributed by atoms with Gasteiger partial charge in [-0.25, -0.2) is 4.39 Å². The number of benzene rings is 2. The number of halogens is 2. The molecule has 0 spiro atoms.